The Morgan fingerprint density at radius 2 is 1.59 bits per heavy atom. The zero-order chi connectivity index (χ0) is 27.4. The molecule has 2 amide bonds. The smallest absolute Gasteiger partial charge is 0.255 e. The van der Waals surface area contributed by atoms with Gasteiger partial charge in [-0.15, -0.1) is 0 Å². The molecule has 0 aliphatic rings. The summed E-state index contributed by atoms with van der Waals surface area (Å²) in [4.78, 5) is 28.6. The number of hydrogen-bond acceptors (Lipinski definition) is 4. The van der Waals surface area contributed by atoms with Crippen LogP contribution in [0.3, 0.4) is 0 Å². The number of carbonyl (C=O) groups is 2. The van der Waals surface area contributed by atoms with Gasteiger partial charge in [-0.05, 0) is 55.0 Å². The number of anilines is 1. The van der Waals surface area contributed by atoms with Gasteiger partial charge in [0, 0.05) is 23.2 Å². The van der Waals surface area contributed by atoms with Crippen molar-refractivity contribution in [1.29, 1.82) is 0 Å². The Bertz CT molecular complexity index is 1600. The van der Waals surface area contributed by atoms with E-state index in [1.165, 1.54) is 0 Å². The van der Waals surface area contributed by atoms with Crippen LogP contribution >= 0.6 is 0 Å². The van der Waals surface area contributed by atoms with E-state index in [4.69, 9.17) is 9.84 Å². The molecule has 5 rings (SSSR count). The van der Waals surface area contributed by atoms with Crippen molar-refractivity contribution in [3.63, 3.8) is 0 Å². The zero-order valence-electron chi connectivity index (χ0n) is 22.2. The largest absolute Gasteiger partial charge is 0.497 e. The van der Waals surface area contributed by atoms with Gasteiger partial charge in [0.15, 0.2) is 0 Å². The minimum Gasteiger partial charge on any atom is -0.497 e. The van der Waals surface area contributed by atoms with Crippen LogP contribution in [0.5, 0.6) is 5.75 Å². The monoisotopic (exact) mass is 518 g/mol. The Hall–Kier alpha value is -4.91. The van der Waals surface area contributed by atoms with Crippen LogP contribution in [0.1, 0.15) is 24.2 Å². The van der Waals surface area contributed by atoms with Gasteiger partial charge in [-0.3, -0.25) is 9.59 Å². The minimum absolute atomic E-state index is 0.103. The van der Waals surface area contributed by atoms with Crippen molar-refractivity contribution in [2.24, 2.45) is 0 Å². The fraction of sp³-hybridized carbons (Fsp3) is 0.156. The van der Waals surface area contributed by atoms with E-state index in [9.17, 15) is 9.59 Å². The predicted octanol–water partition coefficient (Wildman–Crippen LogP) is 6.19. The van der Waals surface area contributed by atoms with E-state index in [0.29, 0.717) is 17.1 Å². The van der Waals surface area contributed by atoms with Gasteiger partial charge in [-0.2, -0.15) is 5.10 Å². The highest BCUT2D eigenvalue weighted by Crippen LogP contribution is 2.26. The molecule has 1 heterocycles. The number of nitrogens with zero attached hydrogens (tertiary/aromatic N) is 3. The molecule has 0 aliphatic carbocycles. The van der Waals surface area contributed by atoms with Gasteiger partial charge in [0.25, 0.3) is 5.91 Å². The predicted molar refractivity (Wildman–Crippen MR) is 154 cm³/mol. The quantitative estimate of drug-likeness (QED) is 0.266. The van der Waals surface area contributed by atoms with E-state index >= 15 is 0 Å². The molecule has 7 nitrogen and oxygen atoms in total. The molecule has 0 atom stereocenters. The van der Waals surface area contributed by atoms with E-state index in [-0.39, 0.29) is 24.4 Å². The maximum atomic E-state index is 13.6. The third-order valence-corrected chi connectivity index (χ3v) is 6.58. The van der Waals surface area contributed by atoms with Crippen molar-refractivity contribution in [2.75, 3.05) is 19.0 Å². The van der Waals surface area contributed by atoms with Gasteiger partial charge in [0.1, 0.15) is 18.1 Å². The van der Waals surface area contributed by atoms with Crippen molar-refractivity contribution in [3.8, 4) is 22.7 Å². The molecule has 0 aliphatic heterocycles. The first-order chi connectivity index (χ1) is 18.9. The van der Waals surface area contributed by atoms with Crippen molar-refractivity contribution < 1.29 is 14.3 Å². The zero-order valence-corrected chi connectivity index (χ0v) is 22.2. The highest BCUT2D eigenvalue weighted by molar-refractivity contribution is 6.08. The van der Waals surface area contributed by atoms with E-state index in [0.717, 1.165) is 27.8 Å². The number of ether oxygens (including phenoxy) is 1. The second-order valence-electron chi connectivity index (χ2n) is 9.49. The van der Waals surface area contributed by atoms with Gasteiger partial charge >= 0.3 is 0 Å². The first kappa shape index (κ1) is 25.7. The summed E-state index contributed by atoms with van der Waals surface area (Å²) in [6.07, 6.45) is 0. The Labute approximate surface area is 227 Å². The molecule has 7 heteroatoms. The molecule has 5 aromatic rings. The average Bonchev–Trinajstić information content (AvgIpc) is 3.39. The molecule has 1 aromatic heterocycles. The molecule has 196 valence electrons. The first-order valence-corrected chi connectivity index (χ1v) is 12.8. The number of nitrogens with one attached hydrogen (secondary N) is 1. The molecule has 0 bridgehead atoms. The lowest BCUT2D eigenvalue weighted by Gasteiger charge is -2.27. The molecule has 0 spiro atoms. The number of methoxy groups -OCH3 is 1. The number of benzene rings is 4. The van der Waals surface area contributed by atoms with Crippen LogP contribution in [-0.2, 0) is 4.79 Å². The number of fused-ring (bicyclic) bond motifs is 1. The van der Waals surface area contributed by atoms with Gasteiger partial charge in [-0.25, -0.2) is 4.68 Å². The van der Waals surface area contributed by atoms with Crippen molar-refractivity contribution in [3.05, 3.63) is 109 Å². The van der Waals surface area contributed by atoms with Crippen LogP contribution in [0.4, 0.5) is 5.82 Å². The van der Waals surface area contributed by atoms with Crippen LogP contribution in [0.15, 0.2) is 103 Å². The second-order valence-corrected chi connectivity index (χ2v) is 9.49. The summed E-state index contributed by atoms with van der Waals surface area (Å²) in [6, 6.07) is 32.3. The Balaban J connectivity index is 1.43. The molecule has 4 aromatic carbocycles. The lowest BCUT2D eigenvalue weighted by Crippen LogP contribution is -2.42. The Kier molecular flexibility index (Phi) is 7.41. The van der Waals surface area contributed by atoms with Crippen LogP contribution < -0.4 is 10.1 Å². The van der Waals surface area contributed by atoms with Crippen LogP contribution in [0.25, 0.3) is 27.7 Å². The summed E-state index contributed by atoms with van der Waals surface area (Å²) in [6.45, 7) is 3.71. The summed E-state index contributed by atoms with van der Waals surface area (Å²) < 4.78 is 6.98. The number of amides is 2. The normalized spacial score (nSPS) is 11.0. The molecule has 39 heavy (non-hydrogen) atoms. The standard InChI is InChI=1S/C32H30N4O3/c1-22(2)35(32(38)28-15-9-13-23-10-7-8-14-27(23)28)21-31(37)33-30-20-29(24-11-5-4-6-12-24)34-36(30)25-16-18-26(39-3)19-17-25/h4-20,22H,21H2,1-3H3,(H,33,37). The fourth-order valence-electron chi connectivity index (χ4n) is 4.53. The van der Waals surface area contributed by atoms with E-state index in [2.05, 4.69) is 5.32 Å². The number of carbonyl (C=O) groups excluding carboxylic acids is 2. The van der Waals surface area contributed by atoms with E-state index < -0.39 is 0 Å². The number of aromatic nitrogens is 2. The molecular weight excluding hydrogens is 488 g/mol. The SMILES string of the molecule is COc1ccc(-n2nc(-c3ccccc3)cc2NC(=O)CN(C(=O)c2cccc3ccccc23)C(C)C)cc1. The highest BCUT2D eigenvalue weighted by atomic mass is 16.5. The molecule has 0 fully saturated rings. The fourth-order valence-corrected chi connectivity index (χ4v) is 4.53. The summed E-state index contributed by atoms with van der Waals surface area (Å²) >= 11 is 0. The van der Waals surface area contributed by atoms with Gasteiger partial charge in [-0.1, -0.05) is 66.7 Å². The van der Waals surface area contributed by atoms with E-state index in [1.54, 1.807) is 16.7 Å². The van der Waals surface area contributed by atoms with Crippen molar-refractivity contribution >= 4 is 28.4 Å². The molecule has 0 saturated heterocycles. The number of rotatable bonds is 8. The Morgan fingerprint density at radius 1 is 0.897 bits per heavy atom. The molecular formula is C32H30N4O3. The topological polar surface area (TPSA) is 76.5 Å². The van der Waals surface area contributed by atoms with E-state index in [1.807, 2.05) is 117 Å². The van der Waals surface area contributed by atoms with Crippen LogP contribution in [-0.4, -0.2) is 46.2 Å². The molecule has 0 unspecified atom stereocenters. The van der Waals surface area contributed by atoms with Crippen molar-refractivity contribution in [2.45, 2.75) is 19.9 Å². The molecule has 1 N–H and O–H groups in total. The third kappa shape index (κ3) is 5.52. The minimum atomic E-state index is -0.313. The lowest BCUT2D eigenvalue weighted by molar-refractivity contribution is -0.117. The second kappa shape index (κ2) is 11.2. The summed E-state index contributed by atoms with van der Waals surface area (Å²) in [5, 5.41) is 9.61. The van der Waals surface area contributed by atoms with Gasteiger partial charge < -0.3 is 15.0 Å². The maximum Gasteiger partial charge on any atom is 0.255 e. The summed E-state index contributed by atoms with van der Waals surface area (Å²) in [7, 11) is 1.61. The summed E-state index contributed by atoms with van der Waals surface area (Å²) in [5.41, 5.74) is 2.98. The lowest BCUT2D eigenvalue weighted by atomic mass is 10.0. The van der Waals surface area contributed by atoms with Crippen LogP contribution in [0.2, 0.25) is 0 Å². The van der Waals surface area contributed by atoms with Crippen molar-refractivity contribution in [1.82, 2.24) is 14.7 Å². The first-order valence-electron chi connectivity index (χ1n) is 12.8. The van der Waals surface area contributed by atoms with Crippen LogP contribution in [0, 0.1) is 0 Å². The third-order valence-electron chi connectivity index (χ3n) is 6.58. The Morgan fingerprint density at radius 3 is 2.31 bits per heavy atom. The summed E-state index contributed by atoms with van der Waals surface area (Å²) in [5.74, 6) is 0.724. The van der Waals surface area contributed by atoms with Gasteiger partial charge in [0.05, 0.1) is 18.5 Å². The van der Waals surface area contributed by atoms with Gasteiger partial charge in [0.2, 0.25) is 5.91 Å². The molecule has 0 saturated carbocycles. The maximum absolute atomic E-state index is 13.6. The number of hydrogen-bond donors (Lipinski definition) is 1. The highest BCUT2D eigenvalue weighted by Gasteiger charge is 2.24. The molecule has 0 radical (unpaired) electrons. The average molecular weight is 519 g/mol.